The molecule has 216 valence electrons. The lowest BCUT2D eigenvalue weighted by molar-refractivity contribution is -0.133. The first kappa shape index (κ1) is 31.0. The maximum atomic E-state index is 12.8. The lowest BCUT2D eigenvalue weighted by atomic mass is 9.86. The van der Waals surface area contributed by atoms with Gasteiger partial charge in [-0.1, -0.05) is 115 Å². The second-order valence-electron chi connectivity index (χ2n) is 11.5. The summed E-state index contributed by atoms with van der Waals surface area (Å²) < 4.78 is 11.6. The SMILES string of the molecule is CCCCCCCCCCCCCCCCCCOc1ccc(C2C(=O)Oc3c(C)c(C)c(O)c(C)c32)cc1. The third kappa shape index (κ3) is 9.01. The summed E-state index contributed by atoms with van der Waals surface area (Å²) in [5, 5.41) is 10.5. The topological polar surface area (TPSA) is 55.8 Å². The summed E-state index contributed by atoms with van der Waals surface area (Å²) in [6, 6.07) is 7.75. The van der Waals surface area contributed by atoms with Crippen LogP contribution in [0, 0.1) is 20.8 Å². The number of phenols is 1. The fourth-order valence-electron chi connectivity index (χ4n) is 5.78. The van der Waals surface area contributed by atoms with Gasteiger partial charge in [0.2, 0.25) is 0 Å². The fraction of sp³-hybridized carbons (Fsp3) is 0.629. The molecule has 1 aliphatic heterocycles. The molecule has 0 saturated heterocycles. The van der Waals surface area contributed by atoms with Crippen LogP contribution >= 0.6 is 0 Å². The summed E-state index contributed by atoms with van der Waals surface area (Å²) in [5.41, 5.74) is 3.94. The minimum atomic E-state index is -0.514. The van der Waals surface area contributed by atoms with Crippen molar-refractivity contribution in [1.82, 2.24) is 0 Å². The van der Waals surface area contributed by atoms with Crippen LogP contribution in [0.3, 0.4) is 0 Å². The van der Waals surface area contributed by atoms with Gasteiger partial charge in [0, 0.05) is 5.56 Å². The zero-order chi connectivity index (χ0) is 28.0. The number of benzene rings is 2. The molecule has 2 aromatic carbocycles. The van der Waals surface area contributed by atoms with E-state index in [1.807, 2.05) is 45.0 Å². The number of carbonyl (C=O) groups is 1. The summed E-state index contributed by atoms with van der Waals surface area (Å²) in [4.78, 5) is 12.8. The van der Waals surface area contributed by atoms with E-state index in [1.54, 1.807) is 0 Å². The van der Waals surface area contributed by atoms with Crippen LogP contribution in [-0.4, -0.2) is 17.7 Å². The normalized spacial score (nSPS) is 14.5. The lowest BCUT2D eigenvalue weighted by Gasteiger charge is -2.15. The van der Waals surface area contributed by atoms with Gasteiger partial charge in [-0.15, -0.1) is 0 Å². The van der Waals surface area contributed by atoms with Crippen molar-refractivity contribution in [1.29, 1.82) is 0 Å². The highest BCUT2D eigenvalue weighted by atomic mass is 16.5. The Morgan fingerprint density at radius 2 is 1.18 bits per heavy atom. The van der Waals surface area contributed by atoms with E-state index >= 15 is 0 Å². The standard InChI is InChI=1S/C35H52O4/c1-5-6-7-8-9-10-11-12-13-14-15-16-17-18-19-20-25-38-30-23-21-29(22-24-30)32-31-28(4)33(36)26(2)27(3)34(31)39-35(32)37/h21-24,32,36H,5-20,25H2,1-4H3. The van der Waals surface area contributed by atoms with Gasteiger partial charge in [0.1, 0.15) is 23.2 Å². The Morgan fingerprint density at radius 3 is 1.69 bits per heavy atom. The fourth-order valence-corrected chi connectivity index (χ4v) is 5.78. The van der Waals surface area contributed by atoms with Gasteiger partial charge in [-0.3, -0.25) is 4.79 Å². The van der Waals surface area contributed by atoms with Crippen molar-refractivity contribution < 1.29 is 19.4 Å². The predicted molar refractivity (Wildman–Crippen MR) is 161 cm³/mol. The number of hydrogen-bond donors (Lipinski definition) is 1. The molecular formula is C35H52O4. The van der Waals surface area contributed by atoms with Gasteiger partial charge in [0.05, 0.1) is 6.61 Å². The van der Waals surface area contributed by atoms with Gasteiger partial charge in [0.25, 0.3) is 0 Å². The van der Waals surface area contributed by atoms with Gasteiger partial charge < -0.3 is 14.6 Å². The second kappa shape index (κ2) is 16.6. The number of fused-ring (bicyclic) bond motifs is 1. The number of hydrogen-bond acceptors (Lipinski definition) is 4. The van der Waals surface area contributed by atoms with Crippen LogP contribution in [0.25, 0.3) is 0 Å². The van der Waals surface area contributed by atoms with Gasteiger partial charge in [-0.25, -0.2) is 0 Å². The largest absolute Gasteiger partial charge is 0.507 e. The van der Waals surface area contributed by atoms with Crippen molar-refractivity contribution in [2.45, 2.75) is 136 Å². The van der Waals surface area contributed by atoms with Crippen LogP contribution in [0.4, 0.5) is 0 Å². The van der Waals surface area contributed by atoms with Crippen LogP contribution in [0.5, 0.6) is 17.2 Å². The Labute approximate surface area is 237 Å². The Balaban J connectivity index is 1.26. The molecule has 1 N–H and O–H groups in total. The molecule has 0 radical (unpaired) electrons. The molecule has 2 aromatic rings. The van der Waals surface area contributed by atoms with E-state index < -0.39 is 5.92 Å². The molecule has 0 fully saturated rings. The third-order valence-electron chi connectivity index (χ3n) is 8.47. The minimum absolute atomic E-state index is 0.244. The van der Waals surface area contributed by atoms with Crippen LogP contribution in [0.2, 0.25) is 0 Å². The maximum Gasteiger partial charge on any atom is 0.323 e. The van der Waals surface area contributed by atoms with Crippen molar-refractivity contribution in [2.24, 2.45) is 0 Å². The maximum absolute atomic E-state index is 12.8. The molecule has 4 heteroatoms. The average Bonchev–Trinajstić information content (AvgIpc) is 3.29. The van der Waals surface area contributed by atoms with Crippen LogP contribution < -0.4 is 9.47 Å². The number of unbranched alkanes of at least 4 members (excludes halogenated alkanes) is 15. The van der Waals surface area contributed by atoms with Crippen LogP contribution in [0.1, 0.15) is 143 Å². The molecule has 39 heavy (non-hydrogen) atoms. The summed E-state index contributed by atoms with van der Waals surface area (Å²) in [6.07, 6.45) is 21.8. The highest BCUT2D eigenvalue weighted by Crippen LogP contribution is 2.47. The first-order valence-electron chi connectivity index (χ1n) is 15.7. The zero-order valence-corrected chi connectivity index (χ0v) is 25.1. The number of ether oxygens (including phenoxy) is 2. The molecule has 0 saturated carbocycles. The second-order valence-corrected chi connectivity index (χ2v) is 11.5. The van der Waals surface area contributed by atoms with Crippen molar-refractivity contribution in [3.05, 3.63) is 52.1 Å². The lowest BCUT2D eigenvalue weighted by Crippen LogP contribution is -2.12. The average molecular weight is 537 g/mol. The van der Waals surface area contributed by atoms with Gasteiger partial charge in [-0.2, -0.15) is 0 Å². The molecule has 4 nitrogen and oxygen atoms in total. The zero-order valence-electron chi connectivity index (χ0n) is 25.1. The quantitative estimate of drug-likeness (QED) is 0.110. The first-order valence-corrected chi connectivity index (χ1v) is 15.7. The molecule has 0 amide bonds. The summed E-state index contributed by atoms with van der Waals surface area (Å²) in [7, 11) is 0. The van der Waals surface area contributed by atoms with Crippen molar-refractivity contribution in [2.75, 3.05) is 6.61 Å². The number of carbonyl (C=O) groups excluding carboxylic acids is 1. The van der Waals surface area contributed by atoms with Gasteiger partial charge >= 0.3 is 5.97 Å². The van der Waals surface area contributed by atoms with E-state index in [-0.39, 0.29) is 11.7 Å². The van der Waals surface area contributed by atoms with E-state index in [1.165, 1.54) is 96.3 Å². The molecular weight excluding hydrogens is 484 g/mol. The van der Waals surface area contributed by atoms with E-state index in [4.69, 9.17) is 9.47 Å². The monoisotopic (exact) mass is 536 g/mol. The first-order chi connectivity index (χ1) is 19.0. The smallest absolute Gasteiger partial charge is 0.323 e. The molecule has 3 rings (SSSR count). The highest BCUT2D eigenvalue weighted by Gasteiger charge is 2.38. The molecule has 1 heterocycles. The molecule has 1 unspecified atom stereocenters. The van der Waals surface area contributed by atoms with Crippen molar-refractivity contribution in [3.8, 4) is 17.2 Å². The predicted octanol–water partition coefficient (Wildman–Crippen LogP) is 10.0. The number of aromatic hydroxyl groups is 1. The van der Waals surface area contributed by atoms with Crippen LogP contribution in [0.15, 0.2) is 24.3 Å². The van der Waals surface area contributed by atoms with Crippen molar-refractivity contribution in [3.63, 3.8) is 0 Å². The van der Waals surface area contributed by atoms with Crippen LogP contribution in [-0.2, 0) is 4.79 Å². The number of esters is 1. The Kier molecular flexibility index (Phi) is 13.2. The van der Waals surface area contributed by atoms with E-state index in [0.717, 1.165) is 41.0 Å². The third-order valence-corrected chi connectivity index (χ3v) is 8.47. The Morgan fingerprint density at radius 1 is 0.692 bits per heavy atom. The molecule has 1 aliphatic rings. The van der Waals surface area contributed by atoms with Crippen molar-refractivity contribution >= 4 is 5.97 Å². The minimum Gasteiger partial charge on any atom is -0.507 e. The number of phenolic OH excluding ortho intramolecular Hbond substituents is 1. The summed E-state index contributed by atoms with van der Waals surface area (Å²) in [5.74, 6) is 0.864. The molecule has 0 spiro atoms. The van der Waals surface area contributed by atoms with E-state index in [9.17, 15) is 9.90 Å². The van der Waals surface area contributed by atoms with E-state index in [0.29, 0.717) is 11.3 Å². The molecule has 0 bridgehead atoms. The van der Waals surface area contributed by atoms with Gasteiger partial charge in [0.15, 0.2) is 0 Å². The molecule has 0 aromatic heterocycles. The van der Waals surface area contributed by atoms with Gasteiger partial charge in [-0.05, 0) is 61.6 Å². The van der Waals surface area contributed by atoms with E-state index in [2.05, 4.69) is 6.92 Å². The Bertz CT molecular complexity index is 1020. The summed E-state index contributed by atoms with van der Waals surface area (Å²) in [6.45, 7) is 8.59. The highest BCUT2D eigenvalue weighted by molar-refractivity contribution is 5.91. The Hall–Kier alpha value is -2.49. The summed E-state index contributed by atoms with van der Waals surface area (Å²) >= 11 is 0. The molecule has 0 aliphatic carbocycles. The number of rotatable bonds is 19. The molecule has 1 atom stereocenters.